The monoisotopic (exact) mass is 350 g/mol. The van der Waals surface area contributed by atoms with E-state index in [0.29, 0.717) is 30.4 Å². The van der Waals surface area contributed by atoms with E-state index in [9.17, 15) is 4.79 Å². The predicted molar refractivity (Wildman–Crippen MR) is 93.1 cm³/mol. The third-order valence-electron chi connectivity index (χ3n) is 4.70. The van der Waals surface area contributed by atoms with E-state index in [-0.39, 0.29) is 18.4 Å². The van der Waals surface area contributed by atoms with Crippen molar-refractivity contribution in [1.82, 2.24) is 9.80 Å². The van der Waals surface area contributed by atoms with Crippen LogP contribution in [0.1, 0.15) is 15.9 Å². The average molecular weight is 350 g/mol. The summed E-state index contributed by atoms with van der Waals surface area (Å²) in [5.41, 5.74) is 1.65. The van der Waals surface area contributed by atoms with Gasteiger partial charge in [0.25, 0.3) is 12.4 Å². The number of carbonyl (C=O) groups is 2. The third-order valence-corrected chi connectivity index (χ3v) is 4.70. The van der Waals surface area contributed by atoms with Crippen molar-refractivity contribution in [2.24, 2.45) is 5.92 Å². The summed E-state index contributed by atoms with van der Waals surface area (Å²) in [6, 6.07) is 6.01. The first kappa shape index (κ1) is 19.2. The van der Waals surface area contributed by atoms with Crippen LogP contribution >= 0.6 is 0 Å². The van der Waals surface area contributed by atoms with Gasteiger partial charge in [-0.3, -0.25) is 14.5 Å². The number of methoxy groups -OCH3 is 1. The summed E-state index contributed by atoms with van der Waals surface area (Å²) < 4.78 is 11.1. The molecule has 0 aliphatic carbocycles. The van der Waals surface area contributed by atoms with E-state index in [1.807, 2.05) is 30.0 Å². The summed E-state index contributed by atoms with van der Waals surface area (Å²) >= 11 is 0. The van der Waals surface area contributed by atoms with Gasteiger partial charge in [0.05, 0.1) is 31.9 Å². The number of benzene rings is 1. The summed E-state index contributed by atoms with van der Waals surface area (Å²) in [4.78, 5) is 25.7. The molecule has 3 rings (SSSR count). The lowest BCUT2D eigenvalue weighted by atomic mass is 10.0. The number of ether oxygens (including phenoxy) is 2. The quantitative estimate of drug-likeness (QED) is 0.805. The molecule has 0 aromatic heterocycles. The summed E-state index contributed by atoms with van der Waals surface area (Å²) in [5, 5.41) is 6.89. The highest BCUT2D eigenvalue weighted by molar-refractivity contribution is 5.98. The second kappa shape index (κ2) is 8.82. The Morgan fingerprint density at radius 1 is 1.32 bits per heavy atom. The van der Waals surface area contributed by atoms with Crippen LogP contribution < -0.4 is 4.74 Å². The second-order valence-electron chi connectivity index (χ2n) is 6.46. The molecule has 1 N–H and O–H groups in total. The van der Waals surface area contributed by atoms with E-state index < -0.39 is 0 Å². The molecule has 138 valence electrons. The summed E-state index contributed by atoms with van der Waals surface area (Å²) in [6.45, 7) is 5.58. The maximum Gasteiger partial charge on any atom is 0.290 e. The molecule has 1 aromatic carbocycles. The zero-order chi connectivity index (χ0) is 18.4. The van der Waals surface area contributed by atoms with Crippen molar-refractivity contribution >= 4 is 12.4 Å². The van der Waals surface area contributed by atoms with Crippen LogP contribution in [0.2, 0.25) is 0 Å². The fourth-order valence-electron chi connectivity index (χ4n) is 3.46. The molecular weight excluding hydrogens is 324 g/mol. The van der Waals surface area contributed by atoms with Gasteiger partial charge in [0.15, 0.2) is 0 Å². The number of fused-ring (bicyclic) bond motifs is 3. The summed E-state index contributed by atoms with van der Waals surface area (Å²) in [5.74, 6) is 1.10. The fourth-order valence-corrected chi connectivity index (χ4v) is 3.46. The van der Waals surface area contributed by atoms with Crippen LogP contribution in [-0.4, -0.2) is 80.3 Å². The first-order valence-corrected chi connectivity index (χ1v) is 8.30. The largest absolute Gasteiger partial charge is 0.496 e. The number of carbonyl (C=O) groups excluding carboxylic acids is 1. The molecule has 2 fully saturated rings. The molecule has 7 nitrogen and oxygen atoms in total. The molecule has 2 aliphatic rings. The number of hydrogen-bond acceptors (Lipinski definition) is 5. The topological polar surface area (TPSA) is 79.3 Å². The van der Waals surface area contributed by atoms with Crippen LogP contribution in [0.3, 0.4) is 0 Å². The van der Waals surface area contributed by atoms with Crippen LogP contribution in [0.5, 0.6) is 5.75 Å². The molecule has 0 unspecified atom stereocenters. The highest BCUT2D eigenvalue weighted by Crippen LogP contribution is 2.26. The molecule has 2 saturated heterocycles. The zero-order valence-electron chi connectivity index (χ0n) is 15.0. The van der Waals surface area contributed by atoms with Crippen molar-refractivity contribution in [1.29, 1.82) is 0 Å². The van der Waals surface area contributed by atoms with Gasteiger partial charge in [0.1, 0.15) is 5.75 Å². The number of aryl methyl sites for hydroxylation is 1. The molecule has 1 amide bonds. The van der Waals surface area contributed by atoms with Gasteiger partial charge >= 0.3 is 0 Å². The Labute approximate surface area is 148 Å². The van der Waals surface area contributed by atoms with Crippen LogP contribution in [0.4, 0.5) is 0 Å². The number of rotatable bonds is 2. The van der Waals surface area contributed by atoms with Gasteiger partial charge < -0.3 is 19.5 Å². The van der Waals surface area contributed by atoms with Gasteiger partial charge in [0, 0.05) is 25.6 Å². The Bertz CT molecular complexity index is 607. The summed E-state index contributed by atoms with van der Waals surface area (Å²) in [7, 11) is 3.74. The van der Waals surface area contributed by atoms with E-state index in [1.165, 1.54) is 0 Å². The Kier molecular flexibility index (Phi) is 6.78. The van der Waals surface area contributed by atoms with E-state index in [0.717, 1.165) is 25.3 Å². The smallest absolute Gasteiger partial charge is 0.290 e. The lowest BCUT2D eigenvalue weighted by Crippen LogP contribution is -2.45. The van der Waals surface area contributed by atoms with E-state index in [2.05, 4.69) is 11.9 Å². The van der Waals surface area contributed by atoms with Crippen molar-refractivity contribution in [2.45, 2.75) is 13.0 Å². The lowest BCUT2D eigenvalue weighted by Gasteiger charge is -2.30. The Morgan fingerprint density at radius 3 is 2.72 bits per heavy atom. The molecule has 2 aliphatic heterocycles. The lowest BCUT2D eigenvalue weighted by molar-refractivity contribution is -0.122. The fraction of sp³-hybridized carbons (Fsp3) is 0.556. The molecule has 7 heteroatoms. The number of amides is 1. The van der Waals surface area contributed by atoms with E-state index >= 15 is 0 Å². The molecule has 2 atom stereocenters. The number of likely N-dealkylation sites (N-methyl/N-ethyl adjacent to an activating group) is 1. The molecular formula is C18H26N2O5. The van der Waals surface area contributed by atoms with Gasteiger partial charge in [-0.05, 0) is 25.6 Å². The van der Waals surface area contributed by atoms with Crippen molar-refractivity contribution in [2.75, 3.05) is 47.0 Å². The molecule has 1 aromatic rings. The first-order chi connectivity index (χ1) is 12.0. The van der Waals surface area contributed by atoms with Crippen LogP contribution in [0.15, 0.2) is 18.2 Å². The van der Waals surface area contributed by atoms with Crippen molar-refractivity contribution < 1.29 is 24.2 Å². The molecule has 0 radical (unpaired) electrons. The minimum absolute atomic E-state index is 0.0714. The Morgan fingerprint density at radius 2 is 2.04 bits per heavy atom. The van der Waals surface area contributed by atoms with Crippen LogP contribution in [-0.2, 0) is 9.53 Å². The first-order valence-electron chi connectivity index (χ1n) is 8.30. The van der Waals surface area contributed by atoms with Crippen LogP contribution in [0.25, 0.3) is 0 Å². The minimum Gasteiger partial charge on any atom is -0.496 e. The second-order valence-corrected chi connectivity index (χ2v) is 6.46. The number of nitrogens with zero attached hydrogens (tertiary/aromatic N) is 2. The van der Waals surface area contributed by atoms with Gasteiger partial charge in [-0.1, -0.05) is 12.1 Å². The van der Waals surface area contributed by atoms with E-state index in [1.54, 1.807) is 7.11 Å². The SMILES string of the molecule is COc1cccc(C)c1C(=O)N1C[C@@H]2COC[C@H](C1)N(C)C2.O=CO. The maximum absolute atomic E-state index is 13.1. The normalized spacial score (nSPS) is 23.1. The summed E-state index contributed by atoms with van der Waals surface area (Å²) in [6.07, 6.45) is 0. The Hall–Kier alpha value is -2.12. The van der Waals surface area contributed by atoms with Gasteiger partial charge in [-0.15, -0.1) is 0 Å². The number of hydrogen-bond donors (Lipinski definition) is 1. The van der Waals surface area contributed by atoms with Crippen molar-refractivity contribution in [3.8, 4) is 5.75 Å². The van der Waals surface area contributed by atoms with E-state index in [4.69, 9.17) is 19.4 Å². The highest BCUT2D eigenvalue weighted by atomic mass is 16.5. The predicted octanol–water partition coefficient (Wildman–Crippen LogP) is 1.11. The number of carboxylic acid groups (broad SMARTS) is 1. The van der Waals surface area contributed by atoms with Crippen molar-refractivity contribution in [3.05, 3.63) is 29.3 Å². The van der Waals surface area contributed by atoms with Crippen molar-refractivity contribution in [3.63, 3.8) is 0 Å². The molecule has 0 saturated carbocycles. The van der Waals surface area contributed by atoms with Crippen LogP contribution in [0, 0.1) is 12.8 Å². The third kappa shape index (κ3) is 4.49. The molecule has 2 heterocycles. The Balaban J connectivity index is 0.000000701. The molecule has 2 bridgehead atoms. The van der Waals surface area contributed by atoms with Gasteiger partial charge in [0.2, 0.25) is 0 Å². The zero-order valence-corrected chi connectivity index (χ0v) is 15.0. The maximum atomic E-state index is 13.1. The molecule has 0 spiro atoms. The average Bonchev–Trinajstić information content (AvgIpc) is 2.83. The minimum atomic E-state index is -0.250. The molecule has 25 heavy (non-hydrogen) atoms. The highest BCUT2D eigenvalue weighted by Gasteiger charge is 2.34. The van der Waals surface area contributed by atoms with Gasteiger partial charge in [-0.25, -0.2) is 0 Å². The van der Waals surface area contributed by atoms with Gasteiger partial charge in [-0.2, -0.15) is 0 Å². The standard InChI is InChI=1S/C17H24N2O3.CH2O2/c1-12-5-4-6-15(21-3)16(12)17(20)19-8-13-7-18(2)14(9-19)11-22-10-13;2-1-3/h4-6,13-14H,7-11H2,1-3H3;1H,(H,2,3)/t13-,14+;/m1./s1.